The van der Waals surface area contributed by atoms with Crippen LogP contribution in [-0.2, 0) is 6.54 Å². The molecule has 0 spiro atoms. The van der Waals surface area contributed by atoms with Crippen LogP contribution in [0.2, 0.25) is 0 Å². The summed E-state index contributed by atoms with van der Waals surface area (Å²) in [7, 11) is 0. The first-order valence-electron chi connectivity index (χ1n) is 7.98. The third kappa shape index (κ3) is 4.48. The highest BCUT2D eigenvalue weighted by molar-refractivity contribution is 5.54. The van der Waals surface area contributed by atoms with Gasteiger partial charge in [0.25, 0.3) is 0 Å². The molecule has 0 aliphatic heterocycles. The van der Waals surface area contributed by atoms with Crippen LogP contribution >= 0.6 is 0 Å². The molecule has 0 bridgehead atoms. The first-order valence-corrected chi connectivity index (χ1v) is 7.98. The molecule has 112 valence electrons. The smallest absolute Gasteiger partial charge is 0.123 e. The minimum absolute atomic E-state index is 0.134. The van der Waals surface area contributed by atoms with E-state index in [-0.39, 0.29) is 5.82 Å². The predicted octanol–water partition coefficient (Wildman–Crippen LogP) is 3.95. The van der Waals surface area contributed by atoms with E-state index < -0.39 is 0 Å². The lowest BCUT2D eigenvalue weighted by Crippen LogP contribution is -2.28. The molecule has 20 heavy (non-hydrogen) atoms. The van der Waals surface area contributed by atoms with Crippen LogP contribution in [0.1, 0.15) is 45.1 Å². The fourth-order valence-corrected chi connectivity index (χ4v) is 2.60. The normalized spacial score (nSPS) is 14.6. The minimum atomic E-state index is -0.134. The van der Waals surface area contributed by atoms with Crippen LogP contribution in [0.3, 0.4) is 0 Å². The lowest BCUT2D eigenvalue weighted by molar-refractivity contribution is 0.616. The standard InChI is InChI=1S/C17H27FN2/c1-3-9-19-12-15-11-16(18)7-8-17(15)20(10-4-2)13-14-5-6-14/h7-8,11,14,19H,3-6,9-10,12-13H2,1-2H3. The summed E-state index contributed by atoms with van der Waals surface area (Å²) < 4.78 is 13.5. The summed E-state index contributed by atoms with van der Waals surface area (Å²) >= 11 is 0. The molecule has 1 aliphatic carbocycles. The molecule has 1 N–H and O–H groups in total. The van der Waals surface area contributed by atoms with Gasteiger partial charge in [-0.2, -0.15) is 0 Å². The maximum Gasteiger partial charge on any atom is 0.123 e. The van der Waals surface area contributed by atoms with E-state index in [1.165, 1.54) is 18.5 Å². The van der Waals surface area contributed by atoms with Crippen LogP contribution in [0, 0.1) is 11.7 Å². The molecular formula is C17H27FN2. The second kappa shape index (κ2) is 7.63. The zero-order chi connectivity index (χ0) is 14.4. The van der Waals surface area contributed by atoms with Crippen molar-refractivity contribution in [3.05, 3.63) is 29.6 Å². The molecule has 2 nitrogen and oxygen atoms in total. The Morgan fingerprint density at radius 1 is 1.25 bits per heavy atom. The lowest BCUT2D eigenvalue weighted by atomic mass is 10.1. The maximum absolute atomic E-state index is 13.5. The van der Waals surface area contributed by atoms with Crippen LogP contribution in [0.5, 0.6) is 0 Å². The third-order valence-electron chi connectivity index (χ3n) is 3.79. The summed E-state index contributed by atoms with van der Waals surface area (Å²) in [5.41, 5.74) is 2.30. The van der Waals surface area contributed by atoms with E-state index in [1.54, 1.807) is 12.1 Å². The van der Waals surface area contributed by atoms with Crippen LogP contribution in [0.25, 0.3) is 0 Å². The molecule has 1 aromatic rings. The Morgan fingerprint density at radius 3 is 2.70 bits per heavy atom. The van der Waals surface area contributed by atoms with Gasteiger partial charge < -0.3 is 10.2 Å². The summed E-state index contributed by atoms with van der Waals surface area (Å²) in [5, 5.41) is 3.39. The van der Waals surface area contributed by atoms with Crippen molar-refractivity contribution in [3.63, 3.8) is 0 Å². The molecule has 0 radical (unpaired) electrons. The van der Waals surface area contributed by atoms with E-state index in [9.17, 15) is 4.39 Å². The fraction of sp³-hybridized carbons (Fsp3) is 0.647. The van der Waals surface area contributed by atoms with Crippen LogP contribution in [0.4, 0.5) is 10.1 Å². The van der Waals surface area contributed by atoms with Gasteiger partial charge in [0.15, 0.2) is 0 Å². The number of nitrogens with one attached hydrogen (secondary N) is 1. The second-order valence-corrected chi connectivity index (χ2v) is 5.84. The number of anilines is 1. The number of hydrogen-bond acceptors (Lipinski definition) is 2. The van der Waals surface area contributed by atoms with Crippen molar-refractivity contribution >= 4 is 5.69 Å². The first-order chi connectivity index (χ1) is 9.74. The largest absolute Gasteiger partial charge is 0.371 e. The van der Waals surface area contributed by atoms with Crippen molar-refractivity contribution in [3.8, 4) is 0 Å². The quantitative estimate of drug-likeness (QED) is 0.688. The molecule has 2 rings (SSSR count). The van der Waals surface area contributed by atoms with Gasteiger partial charge in [-0.3, -0.25) is 0 Å². The topological polar surface area (TPSA) is 15.3 Å². The average molecular weight is 278 g/mol. The lowest BCUT2D eigenvalue weighted by Gasteiger charge is -2.27. The molecule has 1 saturated carbocycles. The van der Waals surface area contributed by atoms with Gasteiger partial charge >= 0.3 is 0 Å². The summed E-state index contributed by atoms with van der Waals surface area (Å²) in [6.45, 7) is 8.27. The monoisotopic (exact) mass is 278 g/mol. The van der Waals surface area contributed by atoms with Crippen molar-refractivity contribution in [2.24, 2.45) is 5.92 Å². The number of rotatable bonds is 9. The van der Waals surface area contributed by atoms with E-state index in [0.717, 1.165) is 50.5 Å². The zero-order valence-corrected chi connectivity index (χ0v) is 12.8. The van der Waals surface area contributed by atoms with E-state index >= 15 is 0 Å². The van der Waals surface area contributed by atoms with Gasteiger partial charge in [0.2, 0.25) is 0 Å². The van der Waals surface area contributed by atoms with Crippen molar-refractivity contribution in [2.75, 3.05) is 24.5 Å². The van der Waals surface area contributed by atoms with Gasteiger partial charge in [-0.1, -0.05) is 13.8 Å². The Hall–Kier alpha value is -1.09. The predicted molar refractivity (Wildman–Crippen MR) is 83.6 cm³/mol. The Morgan fingerprint density at radius 2 is 2.05 bits per heavy atom. The molecular weight excluding hydrogens is 251 g/mol. The first kappa shape index (κ1) is 15.3. The SMILES string of the molecule is CCCNCc1cc(F)ccc1N(CCC)CC1CC1. The molecule has 1 fully saturated rings. The van der Waals surface area contributed by atoms with Gasteiger partial charge in [0, 0.05) is 25.3 Å². The van der Waals surface area contributed by atoms with Gasteiger partial charge in [0.1, 0.15) is 5.82 Å². The average Bonchev–Trinajstić information content (AvgIpc) is 3.23. The summed E-state index contributed by atoms with van der Waals surface area (Å²) in [5.74, 6) is 0.716. The molecule has 0 saturated heterocycles. The Balaban J connectivity index is 2.12. The minimum Gasteiger partial charge on any atom is -0.371 e. The molecule has 0 aromatic heterocycles. The Bertz CT molecular complexity index is 415. The number of halogens is 1. The molecule has 0 heterocycles. The molecule has 1 aromatic carbocycles. The highest BCUT2D eigenvalue weighted by Gasteiger charge is 2.25. The van der Waals surface area contributed by atoms with Crippen LogP contribution < -0.4 is 10.2 Å². The molecule has 0 unspecified atom stereocenters. The summed E-state index contributed by atoms with van der Waals surface area (Å²) in [4.78, 5) is 2.44. The summed E-state index contributed by atoms with van der Waals surface area (Å²) in [6, 6.07) is 5.23. The maximum atomic E-state index is 13.5. The molecule has 3 heteroatoms. The third-order valence-corrected chi connectivity index (χ3v) is 3.79. The fourth-order valence-electron chi connectivity index (χ4n) is 2.60. The Labute approximate surface area is 122 Å². The highest BCUT2D eigenvalue weighted by atomic mass is 19.1. The van der Waals surface area contributed by atoms with Gasteiger partial charge in [-0.05, 0) is 61.9 Å². The van der Waals surface area contributed by atoms with Crippen molar-refractivity contribution < 1.29 is 4.39 Å². The van der Waals surface area contributed by atoms with Crippen LogP contribution in [0.15, 0.2) is 18.2 Å². The van der Waals surface area contributed by atoms with Gasteiger partial charge in [-0.25, -0.2) is 4.39 Å². The van der Waals surface area contributed by atoms with Crippen molar-refractivity contribution in [2.45, 2.75) is 46.1 Å². The van der Waals surface area contributed by atoms with E-state index in [1.807, 2.05) is 6.07 Å². The number of benzene rings is 1. The van der Waals surface area contributed by atoms with E-state index in [2.05, 4.69) is 24.1 Å². The summed E-state index contributed by atoms with van der Waals surface area (Å²) in [6.07, 6.45) is 4.94. The van der Waals surface area contributed by atoms with E-state index in [4.69, 9.17) is 0 Å². The zero-order valence-electron chi connectivity index (χ0n) is 12.8. The molecule has 0 atom stereocenters. The van der Waals surface area contributed by atoms with E-state index in [0.29, 0.717) is 0 Å². The Kier molecular flexibility index (Phi) is 5.84. The number of hydrogen-bond donors (Lipinski definition) is 1. The van der Waals surface area contributed by atoms with Gasteiger partial charge in [0.05, 0.1) is 0 Å². The highest BCUT2D eigenvalue weighted by Crippen LogP contribution is 2.32. The van der Waals surface area contributed by atoms with Crippen molar-refractivity contribution in [1.29, 1.82) is 0 Å². The number of nitrogens with zero attached hydrogens (tertiary/aromatic N) is 1. The molecule has 0 amide bonds. The van der Waals surface area contributed by atoms with Gasteiger partial charge in [-0.15, -0.1) is 0 Å². The molecule has 1 aliphatic rings. The van der Waals surface area contributed by atoms with Crippen LogP contribution in [-0.4, -0.2) is 19.6 Å². The van der Waals surface area contributed by atoms with Crippen molar-refractivity contribution in [1.82, 2.24) is 5.32 Å². The second-order valence-electron chi connectivity index (χ2n) is 5.84.